The van der Waals surface area contributed by atoms with Crippen LogP contribution in [0, 0.1) is 0 Å². The van der Waals surface area contributed by atoms with Gasteiger partial charge in [0.15, 0.2) is 5.11 Å². The number of halogens is 1. The largest absolute Gasteiger partial charge is 0.342 e. The highest BCUT2D eigenvalue weighted by Crippen LogP contribution is 2.29. The predicted octanol–water partition coefficient (Wildman–Crippen LogP) is 4.41. The fraction of sp³-hybridized carbons (Fsp3) is 0.0417. The molecule has 31 heavy (non-hydrogen) atoms. The zero-order chi connectivity index (χ0) is 21.5. The number of hydrogen-bond acceptors (Lipinski definition) is 3. The highest BCUT2D eigenvalue weighted by molar-refractivity contribution is 7.80. The van der Waals surface area contributed by atoms with Crippen molar-refractivity contribution in [3.8, 4) is 0 Å². The molecule has 0 radical (unpaired) electrons. The summed E-state index contributed by atoms with van der Waals surface area (Å²) in [5.74, 6) is -1.04. The number of carbonyl (C=O) groups is 2. The Morgan fingerprint density at radius 2 is 1.68 bits per heavy atom. The van der Waals surface area contributed by atoms with Crippen molar-refractivity contribution < 1.29 is 9.59 Å². The third-order valence-electron chi connectivity index (χ3n) is 5.34. The summed E-state index contributed by atoms with van der Waals surface area (Å²) in [5.41, 5.74) is 2.85. The molecule has 2 amide bonds. The second-order valence-electron chi connectivity index (χ2n) is 7.31. The van der Waals surface area contributed by atoms with Crippen LogP contribution in [0.1, 0.15) is 11.1 Å². The van der Waals surface area contributed by atoms with Gasteiger partial charge in [-0.1, -0.05) is 54.1 Å². The minimum absolute atomic E-state index is 0.00205. The summed E-state index contributed by atoms with van der Waals surface area (Å²) in [4.78, 5) is 24.6. The molecule has 1 aliphatic rings. The fourth-order valence-corrected chi connectivity index (χ4v) is 4.28. The second kappa shape index (κ2) is 7.65. The van der Waals surface area contributed by atoms with Gasteiger partial charge in [-0.2, -0.15) is 0 Å². The van der Waals surface area contributed by atoms with E-state index in [1.807, 2.05) is 42.6 Å². The minimum atomic E-state index is -0.522. The first-order chi connectivity index (χ1) is 15.0. The molecule has 0 spiro atoms. The Morgan fingerprint density at radius 1 is 0.935 bits per heavy atom. The SMILES string of the molecule is O=C1NC(=S)NC(=O)C1=Cc1cn(Cc2cccc3ccccc23)c2ccc(Cl)cc12. The first-order valence-electron chi connectivity index (χ1n) is 9.63. The van der Waals surface area contributed by atoms with E-state index < -0.39 is 11.8 Å². The van der Waals surface area contributed by atoms with Crippen molar-refractivity contribution in [3.05, 3.63) is 88.6 Å². The summed E-state index contributed by atoms with van der Waals surface area (Å²) >= 11 is 11.1. The monoisotopic (exact) mass is 445 g/mol. The summed E-state index contributed by atoms with van der Waals surface area (Å²) in [6, 6.07) is 20.1. The number of nitrogens with one attached hydrogen (secondary N) is 2. The Bertz CT molecular complexity index is 1410. The molecular weight excluding hydrogens is 430 g/mol. The molecule has 1 fully saturated rings. The molecule has 3 aromatic carbocycles. The quantitative estimate of drug-likeness (QED) is 0.279. The van der Waals surface area contributed by atoms with Crippen LogP contribution < -0.4 is 10.6 Å². The van der Waals surface area contributed by atoms with Gasteiger partial charge in [0.25, 0.3) is 11.8 Å². The zero-order valence-corrected chi connectivity index (χ0v) is 17.8. The van der Waals surface area contributed by atoms with Gasteiger partial charge in [-0.25, -0.2) is 0 Å². The molecule has 0 atom stereocenters. The van der Waals surface area contributed by atoms with E-state index in [-0.39, 0.29) is 10.7 Å². The van der Waals surface area contributed by atoms with E-state index in [2.05, 4.69) is 39.5 Å². The van der Waals surface area contributed by atoms with Crippen molar-refractivity contribution in [3.63, 3.8) is 0 Å². The number of rotatable bonds is 3. The Balaban J connectivity index is 1.64. The van der Waals surface area contributed by atoms with Gasteiger partial charge in [-0.05, 0) is 52.8 Å². The van der Waals surface area contributed by atoms with Crippen molar-refractivity contribution >= 4 is 68.5 Å². The molecule has 1 aromatic heterocycles. The molecule has 1 aliphatic heterocycles. The van der Waals surface area contributed by atoms with Crippen molar-refractivity contribution in [2.75, 3.05) is 0 Å². The van der Waals surface area contributed by atoms with Crippen LogP contribution in [0.4, 0.5) is 0 Å². The van der Waals surface area contributed by atoms with Crippen molar-refractivity contribution in [2.24, 2.45) is 0 Å². The number of nitrogens with zero attached hydrogens (tertiary/aromatic N) is 1. The number of fused-ring (bicyclic) bond motifs is 2. The van der Waals surface area contributed by atoms with E-state index in [1.54, 1.807) is 6.08 Å². The van der Waals surface area contributed by atoms with Gasteiger partial charge in [0.05, 0.1) is 0 Å². The van der Waals surface area contributed by atoms with Gasteiger partial charge in [-0.15, -0.1) is 0 Å². The van der Waals surface area contributed by atoms with E-state index in [1.165, 1.54) is 16.3 Å². The minimum Gasteiger partial charge on any atom is -0.342 e. The molecule has 0 aliphatic carbocycles. The van der Waals surface area contributed by atoms with Crippen LogP contribution in [0.15, 0.2) is 72.4 Å². The molecule has 5 nitrogen and oxygen atoms in total. The first-order valence-corrected chi connectivity index (χ1v) is 10.4. The molecule has 0 unspecified atom stereocenters. The molecule has 152 valence electrons. The highest BCUT2D eigenvalue weighted by atomic mass is 35.5. The van der Waals surface area contributed by atoms with E-state index in [0.717, 1.165) is 16.5 Å². The molecule has 2 heterocycles. The van der Waals surface area contributed by atoms with E-state index in [9.17, 15) is 9.59 Å². The average molecular weight is 446 g/mol. The number of carbonyl (C=O) groups excluding carboxylic acids is 2. The Hall–Kier alpha value is -3.48. The second-order valence-corrected chi connectivity index (χ2v) is 8.15. The maximum Gasteiger partial charge on any atom is 0.263 e. The van der Waals surface area contributed by atoms with Crippen LogP contribution >= 0.6 is 23.8 Å². The lowest BCUT2D eigenvalue weighted by Gasteiger charge is -2.16. The topological polar surface area (TPSA) is 63.1 Å². The lowest BCUT2D eigenvalue weighted by Crippen LogP contribution is -2.51. The Labute approximate surface area is 188 Å². The summed E-state index contributed by atoms with van der Waals surface area (Å²) in [6.07, 6.45) is 3.51. The number of thiocarbonyl (C=S) groups is 1. The van der Waals surface area contributed by atoms with Gasteiger partial charge in [0.1, 0.15) is 5.57 Å². The average Bonchev–Trinajstić information content (AvgIpc) is 3.07. The Kier molecular flexibility index (Phi) is 4.81. The molecule has 2 N–H and O–H groups in total. The smallest absolute Gasteiger partial charge is 0.263 e. The maximum atomic E-state index is 12.3. The number of hydrogen-bond donors (Lipinski definition) is 2. The molecule has 7 heteroatoms. The van der Waals surface area contributed by atoms with Crippen molar-refractivity contribution in [1.82, 2.24) is 15.2 Å². The van der Waals surface area contributed by atoms with E-state index in [4.69, 9.17) is 23.8 Å². The summed E-state index contributed by atoms with van der Waals surface area (Å²) in [6.45, 7) is 0.630. The van der Waals surface area contributed by atoms with E-state index in [0.29, 0.717) is 11.6 Å². The van der Waals surface area contributed by atoms with Crippen molar-refractivity contribution in [2.45, 2.75) is 6.54 Å². The normalized spacial score (nSPS) is 14.1. The zero-order valence-electron chi connectivity index (χ0n) is 16.2. The molecular formula is C24H16ClN3O2S. The lowest BCUT2D eigenvalue weighted by molar-refractivity contribution is -0.123. The summed E-state index contributed by atoms with van der Waals surface area (Å²) in [7, 11) is 0. The van der Waals surface area contributed by atoms with Gasteiger partial charge < -0.3 is 4.57 Å². The highest BCUT2D eigenvalue weighted by Gasteiger charge is 2.26. The number of amides is 2. The van der Waals surface area contributed by atoms with Crippen LogP contribution in [0.25, 0.3) is 27.8 Å². The van der Waals surface area contributed by atoms with Crippen LogP contribution in [0.2, 0.25) is 5.02 Å². The Morgan fingerprint density at radius 3 is 2.48 bits per heavy atom. The first kappa shape index (κ1) is 19.5. The van der Waals surface area contributed by atoms with Crippen LogP contribution in [-0.2, 0) is 16.1 Å². The molecule has 0 saturated carbocycles. The van der Waals surface area contributed by atoms with E-state index >= 15 is 0 Å². The predicted molar refractivity (Wildman–Crippen MR) is 127 cm³/mol. The van der Waals surface area contributed by atoms with Crippen molar-refractivity contribution in [1.29, 1.82) is 0 Å². The van der Waals surface area contributed by atoms with Gasteiger partial charge in [0.2, 0.25) is 0 Å². The van der Waals surface area contributed by atoms with Gasteiger partial charge in [-0.3, -0.25) is 20.2 Å². The van der Waals surface area contributed by atoms with Crippen LogP contribution in [-0.4, -0.2) is 21.5 Å². The van der Waals surface area contributed by atoms with Gasteiger partial charge >= 0.3 is 0 Å². The number of aromatic nitrogens is 1. The van der Waals surface area contributed by atoms with Crippen LogP contribution in [0.3, 0.4) is 0 Å². The van der Waals surface area contributed by atoms with Crippen LogP contribution in [0.5, 0.6) is 0 Å². The number of benzene rings is 3. The third kappa shape index (κ3) is 3.60. The lowest BCUT2D eigenvalue weighted by atomic mass is 10.0. The standard InChI is InChI=1S/C24H16ClN3O2S/c25-17-8-9-21-19(11-17)16(10-20-22(29)26-24(31)27-23(20)30)13-28(21)12-15-6-3-5-14-4-1-2-7-18(14)15/h1-11,13H,12H2,(H2,26,27,29,30,31). The summed E-state index contributed by atoms with van der Waals surface area (Å²) in [5, 5.41) is 8.73. The molecule has 1 saturated heterocycles. The third-order valence-corrected chi connectivity index (χ3v) is 5.78. The molecule has 4 aromatic rings. The molecule has 0 bridgehead atoms. The molecule has 5 rings (SSSR count). The van der Waals surface area contributed by atoms with Gasteiger partial charge in [0, 0.05) is 34.2 Å². The fourth-order valence-electron chi connectivity index (χ4n) is 3.92. The summed E-state index contributed by atoms with van der Waals surface area (Å²) < 4.78 is 2.10. The maximum absolute atomic E-state index is 12.3.